The summed E-state index contributed by atoms with van der Waals surface area (Å²) in [6, 6.07) is 0. The molecule has 1 N–H and O–H groups in total. The average molecular weight is 453 g/mol. The van der Waals surface area contributed by atoms with Crippen LogP contribution in [0.5, 0.6) is 0 Å². The molecular weight excluding hydrogens is 392 g/mol. The predicted octanol–water partition coefficient (Wildman–Crippen LogP) is 8.01. The third kappa shape index (κ3) is 17.4. The van der Waals surface area contributed by atoms with Gasteiger partial charge in [0.2, 0.25) is 0 Å². The molecule has 0 aliphatic carbocycles. The van der Waals surface area contributed by atoms with Gasteiger partial charge in [0.1, 0.15) is 0 Å². The Hall–Kier alpha value is -0.120. The minimum Gasteiger partial charge on any atom is -0.381 e. The molecule has 3 heteroatoms. The first kappa shape index (κ1) is 29.9. The van der Waals surface area contributed by atoms with Crippen LogP contribution in [-0.2, 0) is 0 Å². The van der Waals surface area contributed by atoms with E-state index in [2.05, 4.69) is 23.6 Å². The van der Waals surface area contributed by atoms with Crippen LogP contribution in [0.3, 0.4) is 0 Å². The highest BCUT2D eigenvalue weighted by atomic mass is 16.3. The minimum absolute atomic E-state index is 0.249. The highest BCUT2D eigenvalue weighted by Crippen LogP contribution is 2.22. The molecule has 0 spiro atoms. The second-order valence-corrected chi connectivity index (χ2v) is 10.6. The Kier molecular flexibility index (Phi) is 21.2. The van der Waals surface area contributed by atoms with Crippen LogP contribution < -0.4 is 0 Å². The molecule has 1 rings (SSSR count). The van der Waals surface area contributed by atoms with E-state index < -0.39 is 0 Å². The maximum Gasteiger partial charge on any atom is 0.0956 e. The molecule has 0 aromatic heterocycles. The monoisotopic (exact) mass is 452 g/mol. The summed E-state index contributed by atoms with van der Waals surface area (Å²) in [5.41, 5.74) is 0. The zero-order chi connectivity index (χ0) is 23.1. The van der Waals surface area contributed by atoms with Crippen LogP contribution in [0.2, 0.25) is 0 Å². The summed E-state index contributed by atoms with van der Waals surface area (Å²) in [4.78, 5) is 5.02. The fraction of sp³-hybridized carbons (Fsp3) is 1.00. The topological polar surface area (TPSA) is 26.7 Å². The SMILES string of the molecule is CCCCCCCCCN(CCCCCCCCC)CCCCC1CCCN(CO)CC1. The van der Waals surface area contributed by atoms with E-state index in [1.165, 1.54) is 148 Å². The van der Waals surface area contributed by atoms with Gasteiger partial charge in [-0.15, -0.1) is 0 Å². The first-order chi connectivity index (χ1) is 15.8. The normalized spacial score (nSPS) is 17.8. The van der Waals surface area contributed by atoms with Crippen LogP contribution in [0.25, 0.3) is 0 Å². The van der Waals surface area contributed by atoms with Crippen molar-refractivity contribution in [1.29, 1.82) is 0 Å². The number of hydrogen-bond acceptors (Lipinski definition) is 3. The number of nitrogens with zero attached hydrogens (tertiary/aromatic N) is 2. The molecule has 192 valence electrons. The van der Waals surface area contributed by atoms with Crippen LogP contribution in [0.4, 0.5) is 0 Å². The molecule has 32 heavy (non-hydrogen) atoms. The van der Waals surface area contributed by atoms with Gasteiger partial charge in [0.05, 0.1) is 6.73 Å². The summed E-state index contributed by atoms with van der Waals surface area (Å²) in [6.07, 6.45) is 28.0. The highest BCUT2D eigenvalue weighted by molar-refractivity contribution is 4.69. The summed E-state index contributed by atoms with van der Waals surface area (Å²) in [5, 5.41) is 9.38. The molecule has 3 nitrogen and oxygen atoms in total. The van der Waals surface area contributed by atoms with Crippen molar-refractivity contribution in [2.75, 3.05) is 39.5 Å². The molecule has 0 aromatic carbocycles. The summed E-state index contributed by atoms with van der Waals surface area (Å²) < 4.78 is 0. The largest absolute Gasteiger partial charge is 0.381 e. The van der Waals surface area contributed by atoms with Gasteiger partial charge in [-0.2, -0.15) is 0 Å². The number of aliphatic hydroxyl groups is 1. The minimum atomic E-state index is 0.249. The molecular formula is C29H60N2O. The van der Waals surface area contributed by atoms with E-state index in [1.54, 1.807) is 0 Å². The summed E-state index contributed by atoms with van der Waals surface area (Å²) >= 11 is 0. The van der Waals surface area contributed by atoms with Crippen LogP contribution in [-0.4, -0.2) is 54.4 Å². The molecule has 1 atom stereocenters. The van der Waals surface area contributed by atoms with E-state index in [9.17, 15) is 5.11 Å². The lowest BCUT2D eigenvalue weighted by molar-refractivity contribution is 0.110. The zero-order valence-electron chi connectivity index (χ0n) is 22.3. The molecule has 0 amide bonds. The van der Waals surface area contributed by atoms with Crippen molar-refractivity contribution in [2.24, 2.45) is 5.92 Å². The molecule has 1 aliphatic rings. The van der Waals surface area contributed by atoms with Crippen molar-refractivity contribution in [3.63, 3.8) is 0 Å². The van der Waals surface area contributed by atoms with E-state index in [-0.39, 0.29) is 6.73 Å². The summed E-state index contributed by atoms with van der Waals surface area (Å²) in [7, 11) is 0. The Bertz CT molecular complexity index is 358. The number of rotatable bonds is 22. The Morgan fingerprint density at radius 3 is 1.66 bits per heavy atom. The molecule has 1 unspecified atom stereocenters. The van der Waals surface area contributed by atoms with Crippen LogP contribution in [0.15, 0.2) is 0 Å². The van der Waals surface area contributed by atoms with E-state index >= 15 is 0 Å². The van der Waals surface area contributed by atoms with Crippen molar-refractivity contribution in [2.45, 2.75) is 142 Å². The Balaban J connectivity index is 2.19. The van der Waals surface area contributed by atoms with Gasteiger partial charge in [-0.25, -0.2) is 0 Å². The second-order valence-electron chi connectivity index (χ2n) is 10.6. The molecule has 1 saturated heterocycles. The van der Waals surface area contributed by atoms with Crippen molar-refractivity contribution in [3.8, 4) is 0 Å². The van der Waals surface area contributed by atoms with Crippen LogP contribution in [0.1, 0.15) is 142 Å². The van der Waals surface area contributed by atoms with Crippen LogP contribution in [0, 0.1) is 5.92 Å². The first-order valence-corrected chi connectivity index (χ1v) is 14.9. The molecule has 0 saturated carbocycles. The van der Waals surface area contributed by atoms with Gasteiger partial charge >= 0.3 is 0 Å². The fourth-order valence-corrected chi connectivity index (χ4v) is 5.34. The van der Waals surface area contributed by atoms with Gasteiger partial charge in [0.25, 0.3) is 0 Å². The second kappa shape index (κ2) is 22.7. The highest BCUT2D eigenvalue weighted by Gasteiger charge is 2.16. The number of likely N-dealkylation sites (tertiary alicyclic amines) is 1. The van der Waals surface area contributed by atoms with Gasteiger partial charge in [-0.3, -0.25) is 4.90 Å². The summed E-state index contributed by atoms with van der Waals surface area (Å²) in [5.74, 6) is 0.895. The lowest BCUT2D eigenvalue weighted by Crippen LogP contribution is -2.27. The van der Waals surface area contributed by atoms with Crippen molar-refractivity contribution >= 4 is 0 Å². The van der Waals surface area contributed by atoms with E-state index in [0.717, 1.165) is 19.0 Å². The average Bonchev–Trinajstić information content (AvgIpc) is 3.05. The lowest BCUT2D eigenvalue weighted by atomic mass is 9.94. The van der Waals surface area contributed by atoms with Crippen molar-refractivity contribution < 1.29 is 5.11 Å². The molecule has 1 fully saturated rings. The molecule has 1 heterocycles. The molecule has 0 bridgehead atoms. The van der Waals surface area contributed by atoms with Crippen molar-refractivity contribution in [3.05, 3.63) is 0 Å². The Labute approximate surface area is 202 Å². The standard InChI is InChI=1S/C29H60N2O/c1-3-5-7-9-11-13-16-23-30(24-17-14-12-10-8-6-4-2)25-18-15-20-29-21-19-26-31(28-32)27-22-29/h29,32H,3-28H2,1-2H3. The summed E-state index contributed by atoms with van der Waals surface area (Å²) in [6.45, 7) is 11.0. The van der Waals surface area contributed by atoms with Crippen molar-refractivity contribution in [1.82, 2.24) is 9.80 Å². The smallest absolute Gasteiger partial charge is 0.0956 e. The van der Waals surface area contributed by atoms with Gasteiger partial charge in [-0.1, -0.05) is 104 Å². The van der Waals surface area contributed by atoms with Crippen LogP contribution >= 0.6 is 0 Å². The van der Waals surface area contributed by atoms with Gasteiger partial charge in [0, 0.05) is 13.1 Å². The zero-order valence-corrected chi connectivity index (χ0v) is 22.3. The quantitative estimate of drug-likeness (QED) is 0.168. The maximum absolute atomic E-state index is 9.38. The predicted molar refractivity (Wildman–Crippen MR) is 142 cm³/mol. The maximum atomic E-state index is 9.38. The molecule has 0 radical (unpaired) electrons. The third-order valence-corrected chi connectivity index (χ3v) is 7.63. The number of hydrogen-bond donors (Lipinski definition) is 1. The lowest BCUT2D eigenvalue weighted by Gasteiger charge is -2.23. The fourth-order valence-electron chi connectivity index (χ4n) is 5.34. The van der Waals surface area contributed by atoms with E-state index in [0.29, 0.717) is 0 Å². The Morgan fingerprint density at radius 2 is 1.12 bits per heavy atom. The molecule has 1 aliphatic heterocycles. The molecule has 0 aromatic rings. The number of aliphatic hydroxyl groups excluding tert-OH is 1. The van der Waals surface area contributed by atoms with E-state index in [1.807, 2.05) is 0 Å². The Morgan fingerprint density at radius 1 is 0.625 bits per heavy atom. The van der Waals surface area contributed by atoms with E-state index in [4.69, 9.17) is 0 Å². The number of unbranched alkanes of at least 4 members (excludes halogenated alkanes) is 13. The first-order valence-electron chi connectivity index (χ1n) is 14.9. The third-order valence-electron chi connectivity index (χ3n) is 7.63. The van der Waals surface area contributed by atoms with Gasteiger partial charge in [0.15, 0.2) is 0 Å². The van der Waals surface area contributed by atoms with Gasteiger partial charge < -0.3 is 10.0 Å². The van der Waals surface area contributed by atoms with Gasteiger partial charge in [-0.05, 0) is 64.1 Å².